The van der Waals surface area contributed by atoms with Gasteiger partial charge in [-0.1, -0.05) is 11.6 Å². The molecule has 1 aromatic heterocycles. The van der Waals surface area contributed by atoms with Gasteiger partial charge in [-0.3, -0.25) is 4.98 Å². The smallest absolute Gasteiger partial charge is 0.366 e. The highest BCUT2D eigenvalue weighted by atomic mass is 35.5. The highest BCUT2D eigenvalue weighted by Gasteiger charge is 2.43. The summed E-state index contributed by atoms with van der Waals surface area (Å²) >= 11 is 5.98. The van der Waals surface area contributed by atoms with Crippen LogP contribution in [0.25, 0.3) is 10.9 Å². The second-order valence-corrected chi connectivity index (χ2v) is 5.28. The largest absolute Gasteiger partial charge is 0.416 e. The minimum absolute atomic E-state index is 0.0363. The maximum absolute atomic E-state index is 12.8. The van der Waals surface area contributed by atoms with Gasteiger partial charge < -0.3 is 9.64 Å². The van der Waals surface area contributed by atoms with Gasteiger partial charge in [0.15, 0.2) is 6.10 Å². The van der Waals surface area contributed by atoms with Crippen LogP contribution in [0.2, 0.25) is 5.02 Å². The number of aromatic nitrogens is 1. The molecular formula is C14H12ClF3N2O. The second kappa shape index (κ2) is 5.35. The lowest BCUT2D eigenvalue weighted by molar-refractivity contribution is -0.221. The van der Waals surface area contributed by atoms with Crippen LogP contribution in [0.15, 0.2) is 30.5 Å². The van der Waals surface area contributed by atoms with Crippen molar-refractivity contribution >= 4 is 28.2 Å². The fourth-order valence-electron chi connectivity index (χ4n) is 2.45. The molecule has 0 unspecified atom stereocenters. The van der Waals surface area contributed by atoms with E-state index in [1.165, 1.54) is 0 Å². The van der Waals surface area contributed by atoms with Crippen LogP contribution in [-0.2, 0) is 4.74 Å². The fraction of sp³-hybridized carbons (Fsp3) is 0.357. The molecule has 0 N–H and O–H groups in total. The van der Waals surface area contributed by atoms with E-state index in [2.05, 4.69) is 4.98 Å². The van der Waals surface area contributed by atoms with E-state index in [9.17, 15) is 13.2 Å². The van der Waals surface area contributed by atoms with Gasteiger partial charge in [-0.2, -0.15) is 13.2 Å². The molecule has 1 aliphatic heterocycles. The molecule has 7 heteroatoms. The van der Waals surface area contributed by atoms with E-state index in [4.69, 9.17) is 16.3 Å². The summed E-state index contributed by atoms with van der Waals surface area (Å²) in [5.74, 6) is 0. The quantitative estimate of drug-likeness (QED) is 0.803. The third-order valence-electron chi connectivity index (χ3n) is 3.45. The number of benzene rings is 1. The molecule has 0 spiro atoms. The topological polar surface area (TPSA) is 25.4 Å². The molecule has 2 aromatic rings. The Hall–Kier alpha value is -1.53. The zero-order valence-electron chi connectivity index (χ0n) is 10.9. The van der Waals surface area contributed by atoms with Crippen molar-refractivity contribution in [2.45, 2.75) is 12.3 Å². The lowest BCUT2D eigenvalue weighted by Gasteiger charge is -2.35. The van der Waals surface area contributed by atoms with Gasteiger partial charge in [0.05, 0.1) is 18.7 Å². The van der Waals surface area contributed by atoms with Gasteiger partial charge in [-0.15, -0.1) is 0 Å². The molecule has 3 nitrogen and oxygen atoms in total. The molecule has 1 atom stereocenters. The lowest BCUT2D eigenvalue weighted by atomic mass is 10.1. The fourth-order valence-corrected chi connectivity index (χ4v) is 2.62. The van der Waals surface area contributed by atoms with Crippen molar-refractivity contribution in [2.24, 2.45) is 0 Å². The normalized spacial score (nSPS) is 20.0. The van der Waals surface area contributed by atoms with E-state index in [0.717, 1.165) is 5.39 Å². The first-order valence-electron chi connectivity index (χ1n) is 6.43. The number of anilines is 1. The van der Waals surface area contributed by atoms with Crippen LogP contribution in [0, 0.1) is 0 Å². The minimum Gasteiger partial charge on any atom is -0.366 e. The number of hydrogen-bond acceptors (Lipinski definition) is 3. The summed E-state index contributed by atoms with van der Waals surface area (Å²) in [6.07, 6.45) is -4.54. The molecular weight excluding hydrogens is 305 g/mol. The van der Waals surface area contributed by atoms with Crippen molar-refractivity contribution in [2.75, 3.05) is 24.6 Å². The van der Waals surface area contributed by atoms with Crippen molar-refractivity contribution in [3.63, 3.8) is 0 Å². The molecule has 0 aliphatic carbocycles. The summed E-state index contributed by atoms with van der Waals surface area (Å²) in [7, 11) is 0. The summed E-state index contributed by atoms with van der Waals surface area (Å²) in [6, 6.07) is 6.88. The van der Waals surface area contributed by atoms with Gasteiger partial charge in [0, 0.05) is 28.8 Å². The average Bonchev–Trinajstić information content (AvgIpc) is 2.46. The Kier molecular flexibility index (Phi) is 3.67. The highest BCUT2D eigenvalue weighted by molar-refractivity contribution is 6.31. The van der Waals surface area contributed by atoms with Crippen LogP contribution in [0.5, 0.6) is 0 Å². The minimum atomic E-state index is -4.36. The second-order valence-electron chi connectivity index (χ2n) is 4.84. The summed E-state index contributed by atoms with van der Waals surface area (Å²) in [6.45, 7) is 0.210. The first-order chi connectivity index (χ1) is 9.95. The molecule has 0 amide bonds. The number of pyridine rings is 1. The monoisotopic (exact) mass is 316 g/mol. The van der Waals surface area contributed by atoms with Crippen molar-refractivity contribution < 1.29 is 17.9 Å². The van der Waals surface area contributed by atoms with Crippen molar-refractivity contribution in [3.8, 4) is 0 Å². The standard InChI is InChI=1S/C14H12ClF3N2O/c15-9-1-2-11-10(7-9)12(3-4-19-11)20-5-6-21-13(8-20)14(16,17)18/h1-4,7,13H,5-6,8H2/t13-/m0/s1. The van der Waals surface area contributed by atoms with Gasteiger partial charge >= 0.3 is 6.18 Å². The van der Waals surface area contributed by atoms with E-state index in [1.807, 2.05) is 0 Å². The van der Waals surface area contributed by atoms with Crippen molar-refractivity contribution in [3.05, 3.63) is 35.5 Å². The summed E-state index contributed by atoms with van der Waals surface area (Å²) in [4.78, 5) is 5.88. The van der Waals surface area contributed by atoms with Gasteiger partial charge in [-0.05, 0) is 24.3 Å². The predicted molar refractivity (Wildman–Crippen MR) is 74.8 cm³/mol. The van der Waals surface area contributed by atoms with E-state index in [1.54, 1.807) is 35.4 Å². The Morgan fingerprint density at radius 1 is 1.29 bits per heavy atom. The number of nitrogens with zero attached hydrogens (tertiary/aromatic N) is 2. The van der Waals surface area contributed by atoms with Crippen LogP contribution in [0.1, 0.15) is 0 Å². The average molecular weight is 317 g/mol. The van der Waals surface area contributed by atoms with Gasteiger partial charge in [0.25, 0.3) is 0 Å². The van der Waals surface area contributed by atoms with E-state index in [0.29, 0.717) is 22.8 Å². The summed E-state index contributed by atoms with van der Waals surface area (Å²) < 4.78 is 43.3. The number of hydrogen-bond donors (Lipinski definition) is 0. The number of alkyl halides is 3. The number of morpholine rings is 1. The predicted octanol–water partition coefficient (Wildman–Crippen LogP) is 3.66. The van der Waals surface area contributed by atoms with E-state index >= 15 is 0 Å². The van der Waals surface area contributed by atoms with Gasteiger partial charge in [0.2, 0.25) is 0 Å². The Morgan fingerprint density at radius 3 is 2.86 bits per heavy atom. The van der Waals surface area contributed by atoms with E-state index < -0.39 is 12.3 Å². The van der Waals surface area contributed by atoms with E-state index in [-0.39, 0.29) is 13.2 Å². The molecule has 2 heterocycles. The van der Waals surface area contributed by atoms with Crippen LogP contribution in [0.4, 0.5) is 18.9 Å². The molecule has 0 saturated carbocycles. The Balaban J connectivity index is 1.98. The molecule has 1 saturated heterocycles. The van der Waals surface area contributed by atoms with Crippen LogP contribution in [-0.4, -0.2) is 37.0 Å². The molecule has 1 aliphatic rings. The van der Waals surface area contributed by atoms with Gasteiger partial charge in [-0.25, -0.2) is 0 Å². The van der Waals surface area contributed by atoms with Crippen LogP contribution < -0.4 is 4.90 Å². The maximum Gasteiger partial charge on any atom is 0.416 e. The van der Waals surface area contributed by atoms with Crippen LogP contribution in [0.3, 0.4) is 0 Å². The molecule has 1 aromatic carbocycles. The number of ether oxygens (including phenoxy) is 1. The SMILES string of the molecule is FC(F)(F)[C@@H]1CN(c2ccnc3ccc(Cl)cc23)CCO1. The molecule has 112 valence electrons. The van der Waals surface area contributed by atoms with Crippen LogP contribution >= 0.6 is 11.6 Å². The summed E-state index contributed by atoms with van der Waals surface area (Å²) in [5, 5.41) is 1.27. The maximum atomic E-state index is 12.8. The molecule has 21 heavy (non-hydrogen) atoms. The van der Waals surface area contributed by atoms with Gasteiger partial charge in [0.1, 0.15) is 0 Å². The Bertz CT molecular complexity index is 662. The number of halogens is 4. The first-order valence-corrected chi connectivity index (χ1v) is 6.80. The highest BCUT2D eigenvalue weighted by Crippen LogP contribution is 2.32. The molecule has 0 radical (unpaired) electrons. The summed E-state index contributed by atoms with van der Waals surface area (Å²) in [5.41, 5.74) is 1.40. The zero-order valence-corrected chi connectivity index (χ0v) is 11.7. The third-order valence-corrected chi connectivity index (χ3v) is 3.69. The lowest BCUT2D eigenvalue weighted by Crippen LogP contribution is -2.49. The number of fused-ring (bicyclic) bond motifs is 1. The first kappa shape index (κ1) is 14.4. The Morgan fingerprint density at radius 2 is 2.10 bits per heavy atom. The van der Waals surface area contributed by atoms with Crippen molar-refractivity contribution in [1.29, 1.82) is 0 Å². The molecule has 1 fully saturated rings. The zero-order chi connectivity index (χ0) is 15.0. The van der Waals surface area contributed by atoms with Crippen molar-refractivity contribution in [1.82, 2.24) is 4.98 Å². The molecule has 0 bridgehead atoms. The third kappa shape index (κ3) is 2.91. The Labute approximate surface area is 124 Å². The molecule has 3 rings (SSSR count). The number of rotatable bonds is 1.